The lowest BCUT2D eigenvalue weighted by Crippen LogP contribution is -2.47. The maximum Gasteiger partial charge on any atom is 0.0558 e. The molecule has 0 spiro atoms. The smallest absolute Gasteiger partial charge is 0.0558 e. The van der Waals surface area contributed by atoms with Gasteiger partial charge in [0.15, 0.2) is 0 Å². The van der Waals surface area contributed by atoms with Crippen molar-refractivity contribution in [3.8, 4) is 0 Å². The summed E-state index contributed by atoms with van der Waals surface area (Å²) in [5.41, 5.74) is 2.36. The first-order valence-electron chi connectivity index (χ1n) is 6.75. The van der Waals surface area contributed by atoms with Crippen LogP contribution in [-0.2, 0) is 0 Å². The number of aromatic nitrogens is 1. The van der Waals surface area contributed by atoms with E-state index in [0.29, 0.717) is 5.92 Å². The van der Waals surface area contributed by atoms with Crippen molar-refractivity contribution in [2.75, 3.05) is 44.2 Å². The SMILES string of the molecule is CC(C)c1ccc(N2CCN(CCO)CC2)cn1. The molecule has 0 radical (unpaired) electrons. The van der Waals surface area contributed by atoms with Gasteiger partial charge in [-0.15, -0.1) is 0 Å². The molecule has 1 aromatic rings. The highest BCUT2D eigenvalue weighted by molar-refractivity contribution is 5.45. The Kier molecular flexibility index (Phi) is 4.55. The fourth-order valence-electron chi connectivity index (χ4n) is 2.30. The van der Waals surface area contributed by atoms with E-state index in [2.05, 4.69) is 40.8 Å². The van der Waals surface area contributed by atoms with Crippen molar-refractivity contribution < 1.29 is 5.11 Å². The van der Waals surface area contributed by atoms with Gasteiger partial charge in [-0.25, -0.2) is 0 Å². The number of aliphatic hydroxyl groups excluding tert-OH is 1. The molecule has 0 unspecified atom stereocenters. The zero-order valence-corrected chi connectivity index (χ0v) is 11.3. The molecule has 2 rings (SSSR count). The quantitative estimate of drug-likeness (QED) is 0.873. The van der Waals surface area contributed by atoms with Crippen LogP contribution in [0.2, 0.25) is 0 Å². The molecule has 0 aromatic carbocycles. The molecule has 1 N–H and O–H groups in total. The molecular weight excluding hydrogens is 226 g/mol. The Bertz CT molecular complexity index is 356. The zero-order chi connectivity index (χ0) is 13.0. The van der Waals surface area contributed by atoms with Gasteiger partial charge in [0, 0.05) is 38.4 Å². The Morgan fingerprint density at radius 1 is 1.22 bits per heavy atom. The zero-order valence-electron chi connectivity index (χ0n) is 11.3. The van der Waals surface area contributed by atoms with Crippen molar-refractivity contribution in [2.45, 2.75) is 19.8 Å². The van der Waals surface area contributed by atoms with E-state index >= 15 is 0 Å². The summed E-state index contributed by atoms with van der Waals surface area (Å²) in [6.07, 6.45) is 1.98. The van der Waals surface area contributed by atoms with Crippen molar-refractivity contribution in [3.63, 3.8) is 0 Å². The van der Waals surface area contributed by atoms with Crippen LogP contribution < -0.4 is 4.90 Å². The predicted octanol–water partition coefficient (Wildman–Crippen LogP) is 1.32. The maximum atomic E-state index is 8.92. The van der Waals surface area contributed by atoms with Crippen LogP contribution >= 0.6 is 0 Å². The van der Waals surface area contributed by atoms with E-state index in [4.69, 9.17) is 5.11 Å². The number of pyridine rings is 1. The first-order chi connectivity index (χ1) is 8.70. The van der Waals surface area contributed by atoms with Crippen molar-refractivity contribution >= 4 is 5.69 Å². The number of aliphatic hydroxyl groups is 1. The molecule has 100 valence electrons. The lowest BCUT2D eigenvalue weighted by atomic mass is 10.1. The van der Waals surface area contributed by atoms with Gasteiger partial charge in [0.1, 0.15) is 0 Å². The van der Waals surface area contributed by atoms with E-state index in [1.54, 1.807) is 0 Å². The second-order valence-corrected chi connectivity index (χ2v) is 5.15. The Hall–Kier alpha value is -1.13. The summed E-state index contributed by atoms with van der Waals surface area (Å²) in [4.78, 5) is 9.18. The molecule has 1 aliphatic heterocycles. The minimum Gasteiger partial charge on any atom is -0.395 e. The average Bonchev–Trinajstić information content (AvgIpc) is 2.40. The van der Waals surface area contributed by atoms with E-state index in [1.807, 2.05) is 6.20 Å². The van der Waals surface area contributed by atoms with Gasteiger partial charge in [0.2, 0.25) is 0 Å². The standard InChI is InChI=1S/C14H23N3O/c1-12(2)14-4-3-13(11-15-14)17-7-5-16(6-8-17)9-10-18/h3-4,11-12,18H,5-10H2,1-2H3. The fraction of sp³-hybridized carbons (Fsp3) is 0.643. The van der Waals surface area contributed by atoms with Gasteiger partial charge in [-0.3, -0.25) is 9.88 Å². The lowest BCUT2D eigenvalue weighted by molar-refractivity contribution is 0.189. The summed E-state index contributed by atoms with van der Waals surface area (Å²) in [7, 11) is 0. The average molecular weight is 249 g/mol. The van der Waals surface area contributed by atoms with Crippen molar-refractivity contribution in [3.05, 3.63) is 24.0 Å². The molecule has 1 aromatic heterocycles. The van der Waals surface area contributed by atoms with Crippen LogP contribution in [0, 0.1) is 0 Å². The third-order valence-electron chi connectivity index (χ3n) is 3.52. The van der Waals surface area contributed by atoms with Crippen LogP contribution in [0.3, 0.4) is 0 Å². The highest BCUT2D eigenvalue weighted by Gasteiger charge is 2.16. The summed E-state index contributed by atoms with van der Waals surface area (Å²) in [5, 5.41) is 8.92. The third-order valence-corrected chi connectivity index (χ3v) is 3.52. The van der Waals surface area contributed by atoms with Gasteiger partial charge in [0.25, 0.3) is 0 Å². The van der Waals surface area contributed by atoms with Gasteiger partial charge < -0.3 is 10.0 Å². The minimum absolute atomic E-state index is 0.255. The topological polar surface area (TPSA) is 39.6 Å². The molecular formula is C14H23N3O. The van der Waals surface area contributed by atoms with Crippen molar-refractivity contribution in [1.82, 2.24) is 9.88 Å². The summed E-state index contributed by atoms with van der Waals surface area (Å²) in [5.74, 6) is 0.487. The van der Waals surface area contributed by atoms with Gasteiger partial charge in [-0.05, 0) is 18.1 Å². The van der Waals surface area contributed by atoms with Gasteiger partial charge in [0.05, 0.1) is 18.5 Å². The van der Waals surface area contributed by atoms with Crippen LogP contribution in [0.5, 0.6) is 0 Å². The Morgan fingerprint density at radius 2 is 1.94 bits per heavy atom. The third kappa shape index (κ3) is 3.21. The predicted molar refractivity (Wildman–Crippen MR) is 74.1 cm³/mol. The summed E-state index contributed by atoms with van der Waals surface area (Å²) in [6, 6.07) is 4.30. The Morgan fingerprint density at radius 3 is 2.44 bits per heavy atom. The van der Waals surface area contributed by atoms with Crippen LogP contribution in [0.1, 0.15) is 25.5 Å². The molecule has 0 atom stereocenters. The lowest BCUT2D eigenvalue weighted by Gasteiger charge is -2.35. The second kappa shape index (κ2) is 6.16. The van der Waals surface area contributed by atoms with Crippen LogP contribution in [0.25, 0.3) is 0 Å². The van der Waals surface area contributed by atoms with Crippen LogP contribution in [0.15, 0.2) is 18.3 Å². The fourth-order valence-corrected chi connectivity index (χ4v) is 2.30. The highest BCUT2D eigenvalue weighted by Crippen LogP contribution is 2.18. The molecule has 2 heterocycles. The number of piperazine rings is 1. The summed E-state index contributed by atoms with van der Waals surface area (Å²) >= 11 is 0. The molecule has 0 bridgehead atoms. The molecule has 0 aliphatic carbocycles. The Balaban J connectivity index is 1.93. The molecule has 18 heavy (non-hydrogen) atoms. The molecule has 1 aliphatic rings. The number of nitrogens with zero attached hydrogens (tertiary/aromatic N) is 3. The normalized spacial score (nSPS) is 17.4. The van der Waals surface area contributed by atoms with Gasteiger partial charge >= 0.3 is 0 Å². The van der Waals surface area contributed by atoms with E-state index < -0.39 is 0 Å². The second-order valence-electron chi connectivity index (χ2n) is 5.15. The number of rotatable bonds is 4. The Labute approximate surface area is 109 Å². The molecule has 4 nitrogen and oxygen atoms in total. The number of hydrogen-bond donors (Lipinski definition) is 1. The van der Waals surface area contributed by atoms with Gasteiger partial charge in [-0.2, -0.15) is 0 Å². The van der Waals surface area contributed by atoms with Crippen molar-refractivity contribution in [1.29, 1.82) is 0 Å². The van der Waals surface area contributed by atoms with Gasteiger partial charge in [-0.1, -0.05) is 13.8 Å². The number of β-amino-alcohol motifs (C(OH)–C–C–N with tert-alkyl or cyclic N) is 1. The maximum absolute atomic E-state index is 8.92. The minimum atomic E-state index is 0.255. The molecule has 0 saturated carbocycles. The van der Waals surface area contributed by atoms with E-state index in [-0.39, 0.29) is 6.61 Å². The molecule has 0 amide bonds. The van der Waals surface area contributed by atoms with Crippen LogP contribution in [0.4, 0.5) is 5.69 Å². The van der Waals surface area contributed by atoms with E-state index in [9.17, 15) is 0 Å². The van der Waals surface area contributed by atoms with Crippen molar-refractivity contribution in [2.24, 2.45) is 0 Å². The molecule has 4 heteroatoms. The van der Waals surface area contributed by atoms with E-state index in [0.717, 1.165) is 38.4 Å². The summed E-state index contributed by atoms with van der Waals surface area (Å²) < 4.78 is 0. The number of hydrogen-bond acceptors (Lipinski definition) is 4. The largest absolute Gasteiger partial charge is 0.395 e. The number of anilines is 1. The molecule has 1 saturated heterocycles. The molecule has 1 fully saturated rings. The first kappa shape index (κ1) is 13.3. The first-order valence-corrected chi connectivity index (χ1v) is 6.75. The van der Waals surface area contributed by atoms with E-state index in [1.165, 1.54) is 5.69 Å². The monoisotopic (exact) mass is 249 g/mol. The highest BCUT2D eigenvalue weighted by atomic mass is 16.3. The summed E-state index contributed by atoms with van der Waals surface area (Å²) in [6.45, 7) is 9.44. The van der Waals surface area contributed by atoms with Crippen LogP contribution in [-0.4, -0.2) is 54.3 Å².